The minimum Gasteiger partial charge on any atom is -0.448 e. The van der Waals surface area contributed by atoms with Crippen molar-refractivity contribution in [1.29, 1.82) is 5.26 Å². The summed E-state index contributed by atoms with van der Waals surface area (Å²) < 4.78 is 26.0. The number of rotatable bonds is 5. The van der Waals surface area contributed by atoms with Crippen LogP contribution in [-0.2, 0) is 20.7 Å². The van der Waals surface area contributed by atoms with E-state index in [-0.39, 0.29) is 60.0 Å². The van der Waals surface area contributed by atoms with Crippen molar-refractivity contribution < 1.29 is 23.5 Å². The van der Waals surface area contributed by atoms with E-state index in [0.29, 0.717) is 26.1 Å². The maximum Gasteiger partial charge on any atom is 0.410 e. The lowest BCUT2D eigenvalue weighted by molar-refractivity contribution is -0.130. The SMILES string of the molecule is N#Cc1ccc(CC(=O)C2CC3COCC(C2)N3C(=O)OCC2c3ccccc3-c3ccccc32)c(F)c1. The smallest absolute Gasteiger partial charge is 0.410 e. The summed E-state index contributed by atoms with van der Waals surface area (Å²) >= 11 is 0. The van der Waals surface area contributed by atoms with Crippen LogP contribution in [0.5, 0.6) is 0 Å². The van der Waals surface area contributed by atoms with Crippen molar-refractivity contribution >= 4 is 11.9 Å². The lowest BCUT2D eigenvalue weighted by atomic mass is 9.81. The topological polar surface area (TPSA) is 79.6 Å². The van der Waals surface area contributed by atoms with E-state index in [1.807, 2.05) is 30.3 Å². The zero-order valence-electron chi connectivity index (χ0n) is 20.8. The van der Waals surface area contributed by atoms with Gasteiger partial charge in [-0.2, -0.15) is 5.26 Å². The fourth-order valence-corrected chi connectivity index (χ4v) is 6.24. The molecule has 2 unspecified atom stereocenters. The number of carbonyl (C=O) groups excluding carboxylic acids is 2. The molecule has 38 heavy (non-hydrogen) atoms. The Kier molecular flexibility index (Phi) is 6.42. The van der Waals surface area contributed by atoms with Gasteiger partial charge in [0.25, 0.3) is 0 Å². The predicted molar refractivity (Wildman–Crippen MR) is 138 cm³/mol. The number of carbonyl (C=O) groups is 2. The van der Waals surface area contributed by atoms with Gasteiger partial charge >= 0.3 is 6.09 Å². The number of Topliss-reactive ketones (excluding diaryl/α,β-unsaturated/α-hetero) is 1. The summed E-state index contributed by atoms with van der Waals surface area (Å²) in [6.07, 6.45) is 0.497. The Morgan fingerprint density at radius 1 is 0.974 bits per heavy atom. The van der Waals surface area contributed by atoms with Crippen LogP contribution in [0.1, 0.15) is 41.0 Å². The second kappa shape index (κ2) is 10.0. The molecule has 0 N–H and O–H groups in total. The van der Waals surface area contributed by atoms with Gasteiger partial charge in [0, 0.05) is 18.3 Å². The van der Waals surface area contributed by atoms with E-state index in [2.05, 4.69) is 24.3 Å². The standard InChI is InChI=1S/C31H27FN2O4/c32-29-11-19(15-33)9-10-20(29)14-30(35)21-12-22-16-37-17-23(13-21)34(22)31(36)38-18-28-26-7-3-1-5-24(26)25-6-2-4-8-27(25)28/h1-11,21-23,28H,12-14,16-18H2. The molecule has 2 bridgehead atoms. The number of hydrogen-bond acceptors (Lipinski definition) is 5. The van der Waals surface area contributed by atoms with Crippen LogP contribution in [0.4, 0.5) is 9.18 Å². The highest BCUT2D eigenvalue weighted by Gasteiger charge is 2.44. The van der Waals surface area contributed by atoms with Gasteiger partial charge < -0.3 is 9.47 Å². The summed E-state index contributed by atoms with van der Waals surface area (Å²) in [7, 11) is 0. The fraction of sp³-hybridized carbons (Fsp3) is 0.323. The number of amides is 1. The molecule has 1 amide bonds. The zero-order chi connectivity index (χ0) is 26.2. The summed E-state index contributed by atoms with van der Waals surface area (Å²) in [5.41, 5.74) is 5.17. The molecule has 7 heteroatoms. The van der Waals surface area contributed by atoms with Gasteiger partial charge in [0.2, 0.25) is 0 Å². The van der Waals surface area contributed by atoms with Crippen LogP contribution in [0.2, 0.25) is 0 Å². The van der Waals surface area contributed by atoms with Crippen LogP contribution in [0.3, 0.4) is 0 Å². The van der Waals surface area contributed by atoms with Crippen molar-refractivity contribution in [1.82, 2.24) is 4.90 Å². The molecule has 6 nitrogen and oxygen atoms in total. The van der Waals surface area contributed by atoms with Crippen LogP contribution in [-0.4, -0.2) is 48.7 Å². The average Bonchev–Trinajstić information content (AvgIpc) is 3.25. The highest BCUT2D eigenvalue weighted by atomic mass is 19.1. The molecule has 6 rings (SSSR count). The monoisotopic (exact) mass is 510 g/mol. The molecule has 2 saturated heterocycles. The van der Waals surface area contributed by atoms with E-state index < -0.39 is 5.82 Å². The number of nitrogens with zero attached hydrogens (tertiary/aromatic N) is 2. The van der Waals surface area contributed by atoms with E-state index in [0.717, 1.165) is 17.2 Å². The summed E-state index contributed by atoms with van der Waals surface area (Å²) in [6, 6.07) is 22.0. The Hall–Kier alpha value is -4.02. The number of nitriles is 1. The largest absolute Gasteiger partial charge is 0.448 e. The summed E-state index contributed by atoms with van der Waals surface area (Å²) in [4.78, 5) is 28.2. The number of halogens is 1. The summed E-state index contributed by atoms with van der Waals surface area (Å²) in [5, 5.41) is 8.95. The van der Waals surface area contributed by atoms with Crippen molar-refractivity contribution in [3.8, 4) is 17.2 Å². The number of hydrogen-bond donors (Lipinski definition) is 0. The molecule has 2 atom stereocenters. The highest BCUT2D eigenvalue weighted by molar-refractivity contribution is 5.84. The quantitative estimate of drug-likeness (QED) is 0.469. The molecule has 2 aliphatic heterocycles. The molecule has 1 aliphatic carbocycles. The van der Waals surface area contributed by atoms with Crippen LogP contribution in [0.15, 0.2) is 66.7 Å². The molecule has 0 aromatic heterocycles. The van der Waals surface area contributed by atoms with Gasteiger partial charge in [-0.25, -0.2) is 9.18 Å². The van der Waals surface area contributed by atoms with Crippen molar-refractivity contribution in [2.45, 2.75) is 37.3 Å². The average molecular weight is 511 g/mol. The maximum atomic E-state index is 14.4. The maximum absolute atomic E-state index is 14.4. The number of fused-ring (bicyclic) bond motifs is 5. The third kappa shape index (κ3) is 4.35. The van der Waals surface area contributed by atoms with Gasteiger partial charge in [0.1, 0.15) is 18.2 Å². The highest BCUT2D eigenvalue weighted by Crippen LogP contribution is 2.44. The van der Waals surface area contributed by atoms with Crippen LogP contribution in [0.25, 0.3) is 11.1 Å². The number of ketones is 1. The minimum atomic E-state index is -0.544. The Morgan fingerprint density at radius 2 is 1.61 bits per heavy atom. The van der Waals surface area contributed by atoms with Crippen LogP contribution >= 0.6 is 0 Å². The molecule has 3 aromatic carbocycles. The first-order chi connectivity index (χ1) is 18.5. The Morgan fingerprint density at radius 3 is 2.21 bits per heavy atom. The molecular formula is C31H27FN2O4. The summed E-state index contributed by atoms with van der Waals surface area (Å²) in [5.74, 6) is -0.917. The first-order valence-electron chi connectivity index (χ1n) is 13.0. The molecular weight excluding hydrogens is 483 g/mol. The van der Waals surface area contributed by atoms with E-state index in [1.165, 1.54) is 23.3 Å². The van der Waals surface area contributed by atoms with Gasteiger partial charge in [-0.3, -0.25) is 9.69 Å². The second-order valence-corrected chi connectivity index (χ2v) is 10.3. The molecule has 192 valence electrons. The fourth-order valence-electron chi connectivity index (χ4n) is 6.24. The lowest BCUT2D eigenvalue weighted by Crippen LogP contribution is -2.60. The molecule has 0 spiro atoms. The van der Waals surface area contributed by atoms with Crippen molar-refractivity contribution in [2.24, 2.45) is 5.92 Å². The predicted octanol–water partition coefficient (Wildman–Crippen LogP) is 5.24. The number of piperidine rings is 1. The molecule has 3 aliphatic rings. The van der Waals surface area contributed by atoms with Gasteiger partial charge in [0.05, 0.1) is 36.9 Å². The Bertz CT molecular complexity index is 1390. The minimum absolute atomic E-state index is 0.0242. The van der Waals surface area contributed by atoms with Gasteiger partial charge in [0.15, 0.2) is 0 Å². The normalized spacial score (nSPS) is 21.8. The van der Waals surface area contributed by atoms with Crippen molar-refractivity contribution in [2.75, 3.05) is 19.8 Å². The number of morpholine rings is 1. The van der Waals surface area contributed by atoms with Gasteiger partial charge in [-0.15, -0.1) is 0 Å². The van der Waals surface area contributed by atoms with Crippen LogP contribution in [0, 0.1) is 23.1 Å². The second-order valence-electron chi connectivity index (χ2n) is 10.3. The molecule has 0 saturated carbocycles. The van der Waals surface area contributed by atoms with Crippen molar-refractivity contribution in [3.05, 3.63) is 94.8 Å². The molecule has 3 aromatic rings. The lowest BCUT2D eigenvalue weighted by Gasteiger charge is -2.47. The van der Waals surface area contributed by atoms with Crippen molar-refractivity contribution in [3.63, 3.8) is 0 Å². The van der Waals surface area contributed by atoms with E-state index in [9.17, 15) is 14.0 Å². The third-order valence-corrected chi connectivity index (χ3v) is 8.07. The van der Waals surface area contributed by atoms with E-state index in [1.54, 1.807) is 4.90 Å². The molecule has 2 heterocycles. The van der Waals surface area contributed by atoms with Gasteiger partial charge in [-0.1, -0.05) is 54.6 Å². The molecule has 0 radical (unpaired) electrons. The Balaban J connectivity index is 1.13. The van der Waals surface area contributed by atoms with Crippen LogP contribution < -0.4 is 0 Å². The Labute approximate surface area is 220 Å². The summed E-state index contributed by atoms with van der Waals surface area (Å²) in [6.45, 7) is 0.926. The van der Waals surface area contributed by atoms with E-state index >= 15 is 0 Å². The first-order valence-corrected chi connectivity index (χ1v) is 13.0. The van der Waals surface area contributed by atoms with Gasteiger partial charge in [-0.05, 0) is 52.8 Å². The molecule has 2 fully saturated rings. The number of ether oxygens (including phenoxy) is 2. The number of benzene rings is 3. The first kappa shape index (κ1) is 24.3. The zero-order valence-corrected chi connectivity index (χ0v) is 20.8. The van der Waals surface area contributed by atoms with E-state index in [4.69, 9.17) is 14.7 Å². The third-order valence-electron chi connectivity index (χ3n) is 8.07.